The first kappa shape index (κ1) is 18.7. The van der Waals surface area contributed by atoms with Gasteiger partial charge < -0.3 is 9.30 Å². The molecule has 0 aliphatic carbocycles. The zero-order chi connectivity index (χ0) is 18.4. The summed E-state index contributed by atoms with van der Waals surface area (Å²) >= 11 is 3.33. The first-order chi connectivity index (χ1) is 12.7. The Morgan fingerprint density at radius 1 is 1.23 bits per heavy atom. The van der Waals surface area contributed by atoms with Crippen LogP contribution >= 0.6 is 23.1 Å². The van der Waals surface area contributed by atoms with Crippen molar-refractivity contribution in [1.29, 1.82) is 0 Å². The van der Waals surface area contributed by atoms with E-state index in [0.717, 1.165) is 38.6 Å². The lowest BCUT2D eigenvalue weighted by Gasteiger charge is -2.05. The van der Waals surface area contributed by atoms with E-state index < -0.39 is 0 Å². The number of hydrogen-bond donors (Lipinski definition) is 0. The maximum atomic E-state index is 12.4. The van der Waals surface area contributed by atoms with Gasteiger partial charge in [0.15, 0.2) is 4.80 Å². The average Bonchev–Trinajstić information content (AvgIpc) is 3.01. The number of aromatic nitrogens is 1. The number of benzene rings is 2. The van der Waals surface area contributed by atoms with E-state index in [4.69, 9.17) is 4.74 Å². The fraction of sp³-hybridized carbons (Fsp3) is 0.300. The fourth-order valence-electron chi connectivity index (χ4n) is 2.72. The van der Waals surface area contributed by atoms with E-state index in [9.17, 15) is 4.79 Å². The van der Waals surface area contributed by atoms with Gasteiger partial charge in [0.05, 0.1) is 17.3 Å². The molecule has 0 fully saturated rings. The Morgan fingerprint density at radius 2 is 2.04 bits per heavy atom. The van der Waals surface area contributed by atoms with Crippen molar-refractivity contribution in [2.24, 2.45) is 4.99 Å². The highest BCUT2D eigenvalue weighted by Crippen LogP contribution is 2.23. The molecule has 0 radical (unpaired) electrons. The lowest BCUT2D eigenvalue weighted by Crippen LogP contribution is -2.18. The second-order valence-corrected chi connectivity index (χ2v) is 7.85. The number of carbonyl (C=O) groups is 1. The van der Waals surface area contributed by atoms with Gasteiger partial charge >= 0.3 is 0 Å². The summed E-state index contributed by atoms with van der Waals surface area (Å²) in [6, 6.07) is 16.0. The Morgan fingerprint density at radius 3 is 2.77 bits per heavy atom. The van der Waals surface area contributed by atoms with Gasteiger partial charge in [-0.3, -0.25) is 4.79 Å². The van der Waals surface area contributed by atoms with Gasteiger partial charge in [-0.25, -0.2) is 0 Å². The summed E-state index contributed by atoms with van der Waals surface area (Å²) in [4.78, 5) is 17.6. The number of thioether (sulfide) groups is 1. The van der Waals surface area contributed by atoms with Crippen molar-refractivity contribution >= 4 is 39.2 Å². The van der Waals surface area contributed by atoms with E-state index in [1.165, 1.54) is 0 Å². The minimum Gasteiger partial charge on any atom is -0.497 e. The standard InChI is InChI=1S/C20H22N2O2S2/c1-24-16-9-10-18-17(14-16)22(12-13-25-2)20(26-18)21-19(23)11-8-15-6-4-3-5-7-15/h3-7,9-10,14H,8,11-13H2,1-2H3. The number of aryl methyl sites for hydroxylation is 2. The van der Waals surface area contributed by atoms with Crippen LogP contribution in [-0.2, 0) is 17.8 Å². The van der Waals surface area contributed by atoms with Gasteiger partial charge in [-0.15, -0.1) is 0 Å². The van der Waals surface area contributed by atoms with E-state index in [1.807, 2.05) is 48.5 Å². The number of nitrogens with zero attached hydrogens (tertiary/aromatic N) is 2. The van der Waals surface area contributed by atoms with Crippen molar-refractivity contribution in [1.82, 2.24) is 4.57 Å². The van der Waals surface area contributed by atoms with Gasteiger partial charge in [-0.1, -0.05) is 41.7 Å². The lowest BCUT2D eigenvalue weighted by atomic mass is 10.1. The Labute approximate surface area is 161 Å². The van der Waals surface area contributed by atoms with E-state index in [0.29, 0.717) is 12.8 Å². The SMILES string of the molecule is COc1ccc2sc(=NC(=O)CCc3ccccc3)n(CCSC)c2c1. The quantitative estimate of drug-likeness (QED) is 0.613. The third kappa shape index (κ3) is 4.56. The molecule has 0 saturated heterocycles. The molecule has 0 aliphatic rings. The monoisotopic (exact) mass is 386 g/mol. The summed E-state index contributed by atoms with van der Waals surface area (Å²) in [5.74, 6) is 1.70. The summed E-state index contributed by atoms with van der Waals surface area (Å²) in [6.45, 7) is 0.819. The van der Waals surface area contributed by atoms with Gasteiger partial charge in [0.1, 0.15) is 5.75 Å². The number of fused-ring (bicyclic) bond motifs is 1. The highest BCUT2D eigenvalue weighted by Gasteiger charge is 2.09. The smallest absolute Gasteiger partial charge is 0.248 e. The van der Waals surface area contributed by atoms with Crippen molar-refractivity contribution in [3.05, 3.63) is 58.9 Å². The molecule has 1 heterocycles. The van der Waals surface area contributed by atoms with Crippen molar-refractivity contribution < 1.29 is 9.53 Å². The second kappa shape index (κ2) is 9.05. The molecule has 6 heteroatoms. The Kier molecular flexibility index (Phi) is 6.52. The summed E-state index contributed by atoms with van der Waals surface area (Å²) in [5, 5.41) is 0. The van der Waals surface area contributed by atoms with E-state index in [1.54, 1.807) is 30.2 Å². The molecule has 4 nitrogen and oxygen atoms in total. The van der Waals surface area contributed by atoms with Crippen LogP contribution in [0.25, 0.3) is 10.2 Å². The predicted octanol–water partition coefficient (Wildman–Crippen LogP) is 4.13. The molecule has 26 heavy (non-hydrogen) atoms. The summed E-state index contributed by atoms with van der Waals surface area (Å²) in [7, 11) is 1.66. The van der Waals surface area contributed by atoms with Crippen LogP contribution < -0.4 is 9.54 Å². The van der Waals surface area contributed by atoms with Crippen LogP contribution in [0.2, 0.25) is 0 Å². The van der Waals surface area contributed by atoms with Crippen LogP contribution in [0.1, 0.15) is 12.0 Å². The van der Waals surface area contributed by atoms with E-state index in [2.05, 4.69) is 15.8 Å². The van der Waals surface area contributed by atoms with Crippen molar-refractivity contribution in [2.45, 2.75) is 19.4 Å². The number of amides is 1. The lowest BCUT2D eigenvalue weighted by molar-refractivity contribution is -0.118. The molecule has 0 atom stereocenters. The molecular weight excluding hydrogens is 364 g/mol. The number of ether oxygens (including phenoxy) is 1. The number of rotatable bonds is 7. The first-order valence-electron chi connectivity index (χ1n) is 8.49. The summed E-state index contributed by atoms with van der Waals surface area (Å²) in [6.07, 6.45) is 3.22. The topological polar surface area (TPSA) is 43.6 Å². The van der Waals surface area contributed by atoms with Gasteiger partial charge in [-0.2, -0.15) is 16.8 Å². The molecule has 0 bridgehead atoms. The zero-order valence-corrected chi connectivity index (χ0v) is 16.6. The molecule has 0 unspecified atom stereocenters. The molecule has 0 aliphatic heterocycles. The fourth-order valence-corrected chi connectivity index (χ4v) is 4.14. The first-order valence-corrected chi connectivity index (χ1v) is 10.7. The minimum absolute atomic E-state index is 0.0784. The van der Waals surface area contributed by atoms with Crippen molar-refractivity contribution in [2.75, 3.05) is 19.1 Å². The molecule has 0 spiro atoms. The highest BCUT2D eigenvalue weighted by atomic mass is 32.2. The van der Waals surface area contributed by atoms with E-state index >= 15 is 0 Å². The molecule has 3 rings (SSSR count). The van der Waals surface area contributed by atoms with Crippen LogP contribution in [0.4, 0.5) is 0 Å². The maximum absolute atomic E-state index is 12.4. The van der Waals surface area contributed by atoms with Crippen molar-refractivity contribution in [3.8, 4) is 5.75 Å². The van der Waals surface area contributed by atoms with Gasteiger partial charge in [0, 0.05) is 24.8 Å². The van der Waals surface area contributed by atoms with Crippen LogP contribution in [0.5, 0.6) is 5.75 Å². The molecule has 136 valence electrons. The third-order valence-electron chi connectivity index (χ3n) is 4.10. The molecule has 0 saturated carbocycles. The molecule has 1 amide bonds. The highest BCUT2D eigenvalue weighted by molar-refractivity contribution is 7.98. The molecular formula is C20H22N2O2S2. The normalized spacial score (nSPS) is 11.8. The third-order valence-corrected chi connectivity index (χ3v) is 5.75. The average molecular weight is 387 g/mol. The second-order valence-electron chi connectivity index (χ2n) is 5.85. The molecule has 2 aromatic carbocycles. The molecule has 3 aromatic rings. The van der Waals surface area contributed by atoms with Gasteiger partial charge in [0.2, 0.25) is 5.91 Å². The number of methoxy groups -OCH3 is 1. The van der Waals surface area contributed by atoms with Crippen LogP contribution in [-0.4, -0.2) is 29.6 Å². The number of thiazole rings is 1. The maximum Gasteiger partial charge on any atom is 0.248 e. The van der Waals surface area contributed by atoms with E-state index in [-0.39, 0.29) is 5.91 Å². The Balaban J connectivity index is 1.89. The number of hydrogen-bond acceptors (Lipinski definition) is 4. The van der Waals surface area contributed by atoms with Crippen LogP contribution in [0.3, 0.4) is 0 Å². The number of carbonyl (C=O) groups excluding carboxylic acids is 1. The Hall–Kier alpha value is -2.05. The Bertz CT molecular complexity index is 945. The minimum atomic E-state index is -0.0784. The van der Waals surface area contributed by atoms with Gasteiger partial charge in [0.25, 0.3) is 0 Å². The van der Waals surface area contributed by atoms with Crippen LogP contribution in [0, 0.1) is 0 Å². The molecule has 0 N–H and O–H groups in total. The van der Waals surface area contributed by atoms with Crippen LogP contribution in [0.15, 0.2) is 53.5 Å². The largest absolute Gasteiger partial charge is 0.497 e. The summed E-state index contributed by atoms with van der Waals surface area (Å²) in [5.41, 5.74) is 2.23. The molecule has 1 aromatic heterocycles. The van der Waals surface area contributed by atoms with Gasteiger partial charge in [-0.05, 0) is 30.4 Å². The predicted molar refractivity (Wildman–Crippen MR) is 110 cm³/mol. The zero-order valence-electron chi connectivity index (χ0n) is 15.0. The van der Waals surface area contributed by atoms with Crippen molar-refractivity contribution in [3.63, 3.8) is 0 Å². The summed E-state index contributed by atoms with van der Waals surface area (Å²) < 4.78 is 8.59.